The molecule has 0 heterocycles. The van der Waals surface area contributed by atoms with E-state index in [2.05, 4.69) is 56.3 Å². The molecule has 1 radical (unpaired) electrons. The molecule has 0 aliphatic heterocycles. The van der Waals surface area contributed by atoms with Crippen molar-refractivity contribution in [2.75, 3.05) is 0 Å². The second-order valence-corrected chi connectivity index (χ2v) is 3.56. The van der Waals surface area contributed by atoms with Gasteiger partial charge in [0.05, 0.1) is 0 Å². The SMILES string of the molecule is Cc1cc[c]cc1-c1ccccc1C. The summed E-state index contributed by atoms with van der Waals surface area (Å²) in [5.74, 6) is 0. The largest absolute Gasteiger partial charge is 0.0620 e. The van der Waals surface area contributed by atoms with Gasteiger partial charge in [-0.15, -0.1) is 0 Å². The molecule has 2 aromatic carbocycles. The van der Waals surface area contributed by atoms with Gasteiger partial charge >= 0.3 is 0 Å². The van der Waals surface area contributed by atoms with Crippen molar-refractivity contribution in [1.82, 2.24) is 0 Å². The van der Waals surface area contributed by atoms with E-state index in [4.69, 9.17) is 0 Å². The molecule has 14 heavy (non-hydrogen) atoms. The summed E-state index contributed by atoms with van der Waals surface area (Å²) >= 11 is 0. The van der Waals surface area contributed by atoms with E-state index in [-0.39, 0.29) is 0 Å². The molecule has 0 unspecified atom stereocenters. The maximum absolute atomic E-state index is 3.13. The highest BCUT2D eigenvalue weighted by Gasteiger charge is 2.02. The smallest absolute Gasteiger partial charge is 0.0146 e. The van der Waals surface area contributed by atoms with E-state index in [0.29, 0.717) is 0 Å². The molecule has 2 aromatic rings. The molecule has 0 nitrogen and oxygen atoms in total. The topological polar surface area (TPSA) is 0 Å². The van der Waals surface area contributed by atoms with Crippen LogP contribution in [-0.4, -0.2) is 0 Å². The zero-order valence-corrected chi connectivity index (χ0v) is 8.54. The van der Waals surface area contributed by atoms with Crippen molar-refractivity contribution < 1.29 is 0 Å². The minimum absolute atomic E-state index is 1.28. The van der Waals surface area contributed by atoms with Crippen molar-refractivity contribution in [3.63, 3.8) is 0 Å². The van der Waals surface area contributed by atoms with Gasteiger partial charge in [0.2, 0.25) is 0 Å². The van der Waals surface area contributed by atoms with Crippen LogP contribution in [0.15, 0.2) is 42.5 Å². The van der Waals surface area contributed by atoms with Crippen LogP contribution in [0.1, 0.15) is 11.1 Å². The lowest BCUT2D eigenvalue weighted by atomic mass is 9.97. The zero-order valence-electron chi connectivity index (χ0n) is 8.54. The molecule has 0 aromatic heterocycles. The van der Waals surface area contributed by atoms with Crippen molar-refractivity contribution >= 4 is 0 Å². The predicted molar refractivity (Wildman–Crippen MR) is 60.2 cm³/mol. The fraction of sp³-hybridized carbons (Fsp3) is 0.143. The van der Waals surface area contributed by atoms with Crippen LogP contribution in [-0.2, 0) is 0 Å². The van der Waals surface area contributed by atoms with Crippen molar-refractivity contribution in [2.24, 2.45) is 0 Å². The monoisotopic (exact) mass is 181 g/mol. The van der Waals surface area contributed by atoms with Crippen LogP contribution in [0.3, 0.4) is 0 Å². The van der Waals surface area contributed by atoms with Crippen LogP contribution >= 0.6 is 0 Å². The lowest BCUT2D eigenvalue weighted by Gasteiger charge is -2.08. The highest BCUT2D eigenvalue weighted by molar-refractivity contribution is 5.69. The van der Waals surface area contributed by atoms with Crippen LogP contribution < -0.4 is 0 Å². The molecule has 0 heteroatoms. The van der Waals surface area contributed by atoms with E-state index >= 15 is 0 Å². The van der Waals surface area contributed by atoms with Gasteiger partial charge < -0.3 is 0 Å². The van der Waals surface area contributed by atoms with E-state index in [0.717, 1.165) is 0 Å². The van der Waals surface area contributed by atoms with Crippen LogP contribution in [0.4, 0.5) is 0 Å². The van der Waals surface area contributed by atoms with Gasteiger partial charge in [-0.05, 0) is 48.2 Å². The minimum atomic E-state index is 1.28. The molecule has 0 fully saturated rings. The Balaban J connectivity index is 2.61. The number of hydrogen-bond donors (Lipinski definition) is 0. The van der Waals surface area contributed by atoms with Crippen LogP contribution in [0.5, 0.6) is 0 Å². The summed E-state index contributed by atoms with van der Waals surface area (Å²) in [6.07, 6.45) is 0. The Morgan fingerprint density at radius 2 is 1.57 bits per heavy atom. The first kappa shape index (κ1) is 9.01. The average Bonchev–Trinajstić information content (AvgIpc) is 2.20. The number of benzene rings is 2. The van der Waals surface area contributed by atoms with Gasteiger partial charge in [-0.25, -0.2) is 0 Å². The Morgan fingerprint density at radius 1 is 0.857 bits per heavy atom. The summed E-state index contributed by atoms with van der Waals surface area (Å²) in [6.45, 7) is 4.28. The Bertz CT molecular complexity index is 398. The van der Waals surface area contributed by atoms with Gasteiger partial charge in [-0.2, -0.15) is 0 Å². The van der Waals surface area contributed by atoms with E-state index in [9.17, 15) is 0 Å². The Labute approximate surface area is 85.2 Å². The van der Waals surface area contributed by atoms with Gasteiger partial charge in [0, 0.05) is 0 Å². The first-order chi connectivity index (χ1) is 6.79. The highest BCUT2D eigenvalue weighted by atomic mass is 14.1. The van der Waals surface area contributed by atoms with Gasteiger partial charge in [0.1, 0.15) is 0 Å². The van der Waals surface area contributed by atoms with Crippen molar-refractivity contribution in [3.05, 3.63) is 59.7 Å². The van der Waals surface area contributed by atoms with Gasteiger partial charge in [0.25, 0.3) is 0 Å². The van der Waals surface area contributed by atoms with Crippen molar-refractivity contribution in [1.29, 1.82) is 0 Å². The predicted octanol–water partition coefficient (Wildman–Crippen LogP) is 3.77. The quantitative estimate of drug-likeness (QED) is 0.628. The summed E-state index contributed by atoms with van der Waals surface area (Å²) in [5, 5.41) is 0. The summed E-state index contributed by atoms with van der Waals surface area (Å²) in [5.41, 5.74) is 5.21. The molecule has 0 aliphatic carbocycles. The lowest BCUT2D eigenvalue weighted by Crippen LogP contribution is -1.85. The van der Waals surface area contributed by atoms with E-state index in [1.165, 1.54) is 22.3 Å². The molecule has 69 valence electrons. The highest BCUT2D eigenvalue weighted by Crippen LogP contribution is 2.25. The number of aryl methyl sites for hydroxylation is 2. The maximum atomic E-state index is 3.13. The van der Waals surface area contributed by atoms with E-state index in [1.54, 1.807) is 0 Å². The third kappa shape index (κ3) is 1.56. The van der Waals surface area contributed by atoms with Crippen LogP contribution in [0.2, 0.25) is 0 Å². The van der Waals surface area contributed by atoms with E-state index in [1.807, 2.05) is 6.07 Å². The fourth-order valence-corrected chi connectivity index (χ4v) is 1.67. The Hall–Kier alpha value is -1.56. The second-order valence-electron chi connectivity index (χ2n) is 3.56. The molecule has 0 atom stereocenters. The van der Waals surface area contributed by atoms with Crippen LogP contribution in [0.25, 0.3) is 11.1 Å². The second kappa shape index (κ2) is 3.67. The molecule has 0 amide bonds. The first-order valence-electron chi connectivity index (χ1n) is 4.82. The zero-order chi connectivity index (χ0) is 9.97. The molecule has 0 spiro atoms. The molecule has 0 saturated carbocycles. The molecular weight excluding hydrogens is 168 g/mol. The summed E-state index contributed by atoms with van der Waals surface area (Å²) < 4.78 is 0. The maximum Gasteiger partial charge on any atom is -0.0146 e. The molecule has 0 bridgehead atoms. The summed E-state index contributed by atoms with van der Waals surface area (Å²) in [7, 11) is 0. The number of rotatable bonds is 1. The Kier molecular flexibility index (Phi) is 2.36. The number of hydrogen-bond acceptors (Lipinski definition) is 0. The van der Waals surface area contributed by atoms with Gasteiger partial charge in [-0.3, -0.25) is 0 Å². The lowest BCUT2D eigenvalue weighted by molar-refractivity contribution is 1.41. The van der Waals surface area contributed by atoms with E-state index < -0.39 is 0 Å². The third-order valence-corrected chi connectivity index (χ3v) is 2.52. The Morgan fingerprint density at radius 3 is 2.29 bits per heavy atom. The molecular formula is C14H13. The standard InChI is InChI=1S/C14H13/c1-11-7-3-5-9-13(11)14-10-6-4-8-12(14)2/h3-5,7-10H,1-2H3. The van der Waals surface area contributed by atoms with Gasteiger partial charge in [-0.1, -0.05) is 36.4 Å². The van der Waals surface area contributed by atoms with Crippen molar-refractivity contribution in [2.45, 2.75) is 13.8 Å². The molecule has 0 saturated heterocycles. The molecule has 2 rings (SSSR count). The third-order valence-electron chi connectivity index (χ3n) is 2.52. The average molecular weight is 181 g/mol. The molecule has 0 aliphatic rings. The normalized spacial score (nSPS) is 10.1. The van der Waals surface area contributed by atoms with Crippen molar-refractivity contribution in [3.8, 4) is 11.1 Å². The minimum Gasteiger partial charge on any atom is -0.0620 e. The summed E-state index contributed by atoms with van der Waals surface area (Å²) in [6, 6.07) is 17.7. The van der Waals surface area contributed by atoms with Crippen LogP contribution in [0, 0.1) is 19.9 Å². The molecule has 0 N–H and O–H groups in total. The summed E-state index contributed by atoms with van der Waals surface area (Å²) in [4.78, 5) is 0. The van der Waals surface area contributed by atoms with Gasteiger partial charge in [0.15, 0.2) is 0 Å². The first-order valence-corrected chi connectivity index (χ1v) is 4.82. The fourth-order valence-electron chi connectivity index (χ4n) is 1.67.